The number of benzene rings is 2. The SMILES string of the molecule is O=C(c1ccccn1)N1CCC2(CC1)C(=O)N(c1cccc(F)c1)C2c1ccccc1. The van der Waals surface area contributed by atoms with Crippen molar-refractivity contribution in [3.05, 3.63) is 96.1 Å². The number of nitrogens with zero attached hydrogens (tertiary/aromatic N) is 3. The number of rotatable bonds is 3. The zero-order valence-electron chi connectivity index (χ0n) is 16.9. The van der Waals surface area contributed by atoms with Gasteiger partial charge in [-0.15, -0.1) is 0 Å². The van der Waals surface area contributed by atoms with E-state index < -0.39 is 5.41 Å². The van der Waals surface area contributed by atoms with Gasteiger partial charge in [0.05, 0.1) is 11.5 Å². The Labute approximate surface area is 180 Å². The number of aromatic nitrogens is 1. The van der Waals surface area contributed by atoms with Crippen LogP contribution in [0.1, 0.15) is 34.9 Å². The molecule has 1 spiro atoms. The molecule has 1 unspecified atom stereocenters. The maximum Gasteiger partial charge on any atom is 0.272 e. The van der Waals surface area contributed by atoms with E-state index in [9.17, 15) is 14.0 Å². The molecule has 0 saturated carbocycles. The molecule has 3 aromatic rings. The molecule has 2 aliphatic heterocycles. The van der Waals surface area contributed by atoms with Crippen LogP contribution in [0.3, 0.4) is 0 Å². The Bertz CT molecular complexity index is 1110. The molecule has 2 saturated heterocycles. The lowest BCUT2D eigenvalue weighted by atomic mass is 9.62. The summed E-state index contributed by atoms with van der Waals surface area (Å²) in [6.07, 6.45) is 2.74. The topological polar surface area (TPSA) is 53.5 Å². The number of β-lactam (4-membered cyclic amide) rings is 1. The summed E-state index contributed by atoms with van der Waals surface area (Å²) in [6, 6.07) is 21.1. The monoisotopic (exact) mass is 415 g/mol. The minimum Gasteiger partial charge on any atom is -0.337 e. The highest BCUT2D eigenvalue weighted by molar-refractivity contribution is 6.06. The standard InChI is InChI=1S/C25H22FN3O2/c26-19-9-6-10-20(17-19)29-22(18-7-2-1-3-8-18)25(24(29)31)12-15-28(16-13-25)23(30)21-11-4-5-14-27-21/h1-11,14,17,22H,12-13,15-16H2. The van der Waals surface area contributed by atoms with Gasteiger partial charge in [-0.1, -0.05) is 42.5 Å². The van der Waals surface area contributed by atoms with Gasteiger partial charge in [0.2, 0.25) is 5.91 Å². The first-order valence-corrected chi connectivity index (χ1v) is 10.4. The fraction of sp³-hybridized carbons (Fsp3) is 0.240. The van der Waals surface area contributed by atoms with Crippen LogP contribution in [0.25, 0.3) is 0 Å². The Morgan fingerprint density at radius 1 is 0.968 bits per heavy atom. The minimum absolute atomic E-state index is 0.00288. The van der Waals surface area contributed by atoms with E-state index >= 15 is 0 Å². The summed E-state index contributed by atoms with van der Waals surface area (Å²) in [4.78, 5) is 33.9. The molecule has 0 bridgehead atoms. The number of halogens is 1. The van der Waals surface area contributed by atoms with E-state index in [0.717, 1.165) is 5.56 Å². The quantitative estimate of drug-likeness (QED) is 0.602. The molecule has 31 heavy (non-hydrogen) atoms. The van der Waals surface area contributed by atoms with Crippen LogP contribution in [0, 0.1) is 11.2 Å². The van der Waals surface area contributed by atoms with Crippen molar-refractivity contribution in [1.82, 2.24) is 9.88 Å². The largest absolute Gasteiger partial charge is 0.337 e. The average molecular weight is 415 g/mol. The molecule has 5 rings (SSSR count). The third-order valence-electron chi connectivity index (χ3n) is 6.45. The summed E-state index contributed by atoms with van der Waals surface area (Å²) < 4.78 is 13.9. The summed E-state index contributed by atoms with van der Waals surface area (Å²) in [5.74, 6) is -0.480. The Kier molecular flexibility index (Phi) is 4.77. The summed E-state index contributed by atoms with van der Waals surface area (Å²) in [5.41, 5.74) is 1.42. The van der Waals surface area contributed by atoms with Crippen molar-refractivity contribution >= 4 is 17.5 Å². The molecule has 0 N–H and O–H groups in total. The van der Waals surface area contributed by atoms with Crippen molar-refractivity contribution in [2.75, 3.05) is 18.0 Å². The predicted molar refractivity (Wildman–Crippen MR) is 115 cm³/mol. The van der Waals surface area contributed by atoms with E-state index in [-0.39, 0.29) is 23.7 Å². The average Bonchev–Trinajstić information content (AvgIpc) is 2.82. The summed E-state index contributed by atoms with van der Waals surface area (Å²) in [7, 11) is 0. The second kappa shape index (κ2) is 7.61. The van der Waals surface area contributed by atoms with Crippen LogP contribution in [0.4, 0.5) is 10.1 Å². The van der Waals surface area contributed by atoms with Gasteiger partial charge in [0.15, 0.2) is 0 Å². The number of pyridine rings is 1. The van der Waals surface area contributed by atoms with Crippen molar-refractivity contribution < 1.29 is 14.0 Å². The summed E-state index contributed by atoms with van der Waals surface area (Å²) >= 11 is 0. The summed E-state index contributed by atoms with van der Waals surface area (Å²) in [6.45, 7) is 0.975. The fourth-order valence-electron chi connectivity index (χ4n) is 4.90. The zero-order valence-corrected chi connectivity index (χ0v) is 16.9. The number of carbonyl (C=O) groups excluding carboxylic acids is 2. The molecule has 5 nitrogen and oxygen atoms in total. The van der Waals surface area contributed by atoms with Gasteiger partial charge in [0.1, 0.15) is 11.5 Å². The highest BCUT2D eigenvalue weighted by Gasteiger charge is 2.62. The van der Waals surface area contributed by atoms with Crippen LogP contribution in [0.15, 0.2) is 79.0 Å². The zero-order chi connectivity index (χ0) is 21.4. The normalized spacial score (nSPS) is 19.9. The molecular formula is C25H22FN3O2. The molecule has 0 aliphatic carbocycles. The van der Waals surface area contributed by atoms with E-state index in [0.29, 0.717) is 37.3 Å². The first kappa shape index (κ1) is 19.4. The number of carbonyl (C=O) groups is 2. The maximum absolute atomic E-state index is 13.9. The number of anilines is 1. The number of piperidine rings is 1. The van der Waals surface area contributed by atoms with Crippen LogP contribution >= 0.6 is 0 Å². The highest BCUT2D eigenvalue weighted by Crippen LogP contribution is 2.57. The van der Waals surface area contributed by atoms with Gasteiger partial charge in [-0.3, -0.25) is 14.6 Å². The molecule has 1 aromatic heterocycles. The summed E-state index contributed by atoms with van der Waals surface area (Å²) in [5, 5.41) is 0. The van der Waals surface area contributed by atoms with E-state index in [1.54, 1.807) is 46.3 Å². The maximum atomic E-state index is 13.9. The first-order chi connectivity index (χ1) is 15.1. The second-order valence-electron chi connectivity index (χ2n) is 8.13. The fourth-order valence-corrected chi connectivity index (χ4v) is 4.90. The first-order valence-electron chi connectivity index (χ1n) is 10.4. The molecule has 2 aliphatic rings. The Morgan fingerprint density at radius 3 is 2.39 bits per heavy atom. The Morgan fingerprint density at radius 2 is 1.71 bits per heavy atom. The van der Waals surface area contributed by atoms with Crippen molar-refractivity contribution in [3.8, 4) is 0 Å². The minimum atomic E-state index is -0.589. The van der Waals surface area contributed by atoms with Gasteiger partial charge in [-0.25, -0.2) is 4.39 Å². The number of likely N-dealkylation sites (tertiary alicyclic amines) is 1. The molecular weight excluding hydrogens is 393 g/mol. The molecule has 1 atom stereocenters. The lowest BCUT2D eigenvalue weighted by Crippen LogP contribution is -2.67. The van der Waals surface area contributed by atoms with Gasteiger partial charge < -0.3 is 9.80 Å². The third-order valence-corrected chi connectivity index (χ3v) is 6.45. The van der Waals surface area contributed by atoms with E-state index in [4.69, 9.17) is 0 Å². The number of hydrogen-bond acceptors (Lipinski definition) is 3. The van der Waals surface area contributed by atoms with Crippen LogP contribution in [-0.4, -0.2) is 34.8 Å². The third kappa shape index (κ3) is 3.19. The molecule has 156 valence electrons. The Balaban J connectivity index is 1.43. The van der Waals surface area contributed by atoms with Gasteiger partial charge in [-0.2, -0.15) is 0 Å². The molecule has 2 aromatic carbocycles. The second-order valence-corrected chi connectivity index (χ2v) is 8.13. The highest BCUT2D eigenvalue weighted by atomic mass is 19.1. The van der Waals surface area contributed by atoms with Gasteiger partial charge >= 0.3 is 0 Å². The van der Waals surface area contributed by atoms with Crippen LogP contribution in [0.5, 0.6) is 0 Å². The number of hydrogen-bond donors (Lipinski definition) is 0. The van der Waals surface area contributed by atoms with Gasteiger partial charge in [-0.05, 0) is 48.7 Å². The molecule has 0 radical (unpaired) electrons. The van der Waals surface area contributed by atoms with E-state index in [1.807, 2.05) is 30.3 Å². The van der Waals surface area contributed by atoms with Crippen molar-refractivity contribution in [2.45, 2.75) is 18.9 Å². The van der Waals surface area contributed by atoms with Crippen LogP contribution in [-0.2, 0) is 4.79 Å². The molecule has 2 fully saturated rings. The van der Waals surface area contributed by atoms with Crippen molar-refractivity contribution in [1.29, 1.82) is 0 Å². The van der Waals surface area contributed by atoms with E-state index in [1.165, 1.54) is 12.1 Å². The van der Waals surface area contributed by atoms with Crippen LogP contribution < -0.4 is 4.90 Å². The molecule has 3 heterocycles. The lowest BCUT2D eigenvalue weighted by molar-refractivity contribution is -0.144. The molecule has 2 amide bonds. The van der Waals surface area contributed by atoms with E-state index in [2.05, 4.69) is 4.98 Å². The Hall–Kier alpha value is -3.54. The lowest BCUT2D eigenvalue weighted by Gasteiger charge is -2.59. The van der Waals surface area contributed by atoms with Gasteiger partial charge in [0.25, 0.3) is 5.91 Å². The predicted octanol–water partition coefficient (Wildman–Crippen LogP) is 4.23. The number of amides is 2. The van der Waals surface area contributed by atoms with Gasteiger partial charge in [0, 0.05) is 25.0 Å². The van der Waals surface area contributed by atoms with Crippen molar-refractivity contribution in [2.24, 2.45) is 5.41 Å². The van der Waals surface area contributed by atoms with Crippen molar-refractivity contribution in [3.63, 3.8) is 0 Å². The molecule has 6 heteroatoms. The smallest absolute Gasteiger partial charge is 0.272 e. The van der Waals surface area contributed by atoms with Crippen LogP contribution in [0.2, 0.25) is 0 Å².